The lowest BCUT2D eigenvalue weighted by molar-refractivity contribution is 0.122. The summed E-state index contributed by atoms with van der Waals surface area (Å²) in [5.41, 5.74) is 4.73. The van der Waals surface area contributed by atoms with Crippen LogP contribution in [0.25, 0.3) is 5.65 Å². The Morgan fingerprint density at radius 3 is 2.65 bits per heavy atom. The molecule has 0 amide bonds. The van der Waals surface area contributed by atoms with Gasteiger partial charge in [0.1, 0.15) is 17.0 Å². The summed E-state index contributed by atoms with van der Waals surface area (Å²) in [4.78, 5) is 19.8. The van der Waals surface area contributed by atoms with Crippen molar-refractivity contribution in [3.63, 3.8) is 0 Å². The Bertz CT molecular complexity index is 978. The molecule has 7 heteroatoms. The maximum absolute atomic E-state index is 13.0. The molecule has 3 heterocycles. The van der Waals surface area contributed by atoms with Crippen molar-refractivity contribution < 1.29 is 4.74 Å². The number of morpholine rings is 1. The Balaban J connectivity index is 1.75. The Labute approximate surface area is 150 Å². The van der Waals surface area contributed by atoms with E-state index in [9.17, 15) is 4.79 Å². The molecule has 132 valence electrons. The van der Waals surface area contributed by atoms with E-state index in [0.29, 0.717) is 43.3 Å². The van der Waals surface area contributed by atoms with E-state index in [-0.39, 0.29) is 5.56 Å². The minimum atomic E-state index is -0.143. The maximum Gasteiger partial charge on any atom is 0.268 e. The minimum absolute atomic E-state index is 0.143. The van der Waals surface area contributed by atoms with Crippen molar-refractivity contribution in [2.24, 2.45) is 5.10 Å². The molecule has 26 heavy (non-hydrogen) atoms. The fourth-order valence-electron chi connectivity index (χ4n) is 2.90. The summed E-state index contributed by atoms with van der Waals surface area (Å²) in [7, 11) is 0. The lowest BCUT2D eigenvalue weighted by Crippen LogP contribution is -2.39. The number of hydrazone groups is 1. The summed E-state index contributed by atoms with van der Waals surface area (Å²) in [6.45, 7) is 2.63. The first-order valence-electron chi connectivity index (χ1n) is 8.51. The Morgan fingerprint density at radius 2 is 1.85 bits per heavy atom. The normalized spacial score (nSPS) is 14.8. The van der Waals surface area contributed by atoms with Gasteiger partial charge in [0, 0.05) is 19.3 Å². The zero-order valence-electron chi connectivity index (χ0n) is 14.2. The number of hydrogen-bond donors (Lipinski definition) is 1. The third-order valence-corrected chi connectivity index (χ3v) is 4.22. The highest BCUT2D eigenvalue weighted by Crippen LogP contribution is 2.16. The molecule has 0 aliphatic carbocycles. The summed E-state index contributed by atoms with van der Waals surface area (Å²) in [6.07, 6.45) is 3.27. The third kappa shape index (κ3) is 3.29. The summed E-state index contributed by atoms with van der Waals surface area (Å²) in [5.74, 6) is 0.642. The lowest BCUT2D eigenvalue weighted by atomic mass is 10.2. The molecule has 1 aliphatic rings. The average molecular weight is 349 g/mol. The molecule has 4 rings (SSSR count). The molecular formula is C19H19N5O2. The molecule has 0 radical (unpaired) electrons. The Hall–Kier alpha value is -3.19. The van der Waals surface area contributed by atoms with Crippen molar-refractivity contribution in [1.29, 1.82) is 0 Å². The van der Waals surface area contributed by atoms with Crippen LogP contribution in [0.3, 0.4) is 0 Å². The molecule has 0 unspecified atom stereocenters. The average Bonchev–Trinajstić information content (AvgIpc) is 2.71. The van der Waals surface area contributed by atoms with Gasteiger partial charge in [-0.2, -0.15) is 5.10 Å². The smallest absolute Gasteiger partial charge is 0.268 e. The number of para-hydroxylation sites is 1. The predicted molar refractivity (Wildman–Crippen MR) is 102 cm³/mol. The number of fused-ring (bicyclic) bond motifs is 1. The summed E-state index contributed by atoms with van der Waals surface area (Å²) < 4.78 is 6.95. The zero-order chi connectivity index (χ0) is 17.8. The SMILES string of the molecule is O=c1c(/C=N\Nc2ccccc2)c(N2CCOCC2)nc2ccccn12. The van der Waals surface area contributed by atoms with Crippen molar-refractivity contribution in [3.8, 4) is 0 Å². The van der Waals surface area contributed by atoms with Crippen LogP contribution in [0.1, 0.15) is 5.56 Å². The van der Waals surface area contributed by atoms with Gasteiger partial charge in [-0.1, -0.05) is 24.3 Å². The second kappa shape index (κ2) is 7.37. The van der Waals surface area contributed by atoms with Gasteiger partial charge in [0.2, 0.25) is 0 Å². The molecule has 1 saturated heterocycles. The van der Waals surface area contributed by atoms with E-state index in [4.69, 9.17) is 9.72 Å². The molecule has 0 atom stereocenters. The highest BCUT2D eigenvalue weighted by atomic mass is 16.5. The fraction of sp³-hybridized carbons (Fsp3) is 0.211. The molecule has 0 bridgehead atoms. The molecule has 0 saturated carbocycles. The molecule has 0 spiro atoms. The first-order valence-corrected chi connectivity index (χ1v) is 8.51. The Kier molecular flexibility index (Phi) is 4.61. The third-order valence-electron chi connectivity index (χ3n) is 4.22. The largest absolute Gasteiger partial charge is 0.378 e. The van der Waals surface area contributed by atoms with Gasteiger partial charge in [-0.3, -0.25) is 14.6 Å². The van der Waals surface area contributed by atoms with E-state index >= 15 is 0 Å². The predicted octanol–water partition coefficient (Wildman–Crippen LogP) is 1.98. The van der Waals surface area contributed by atoms with Gasteiger partial charge >= 0.3 is 0 Å². The monoisotopic (exact) mass is 349 g/mol. The fourth-order valence-corrected chi connectivity index (χ4v) is 2.90. The van der Waals surface area contributed by atoms with Crippen molar-refractivity contribution in [2.75, 3.05) is 36.6 Å². The highest BCUT2D eigenvalue weighted by Gasteiger charge is 2.19. The summed E-state index contributed by atoms with van der Waals surface area (Å²) in [5, 5.41) is 4.25. The lowest BCUT2D eigenvalue weighted by Gasteiger charge is -2.28. The van der Waals surface area contributed by atoms with Crippen molar-refractivity contribution in [1.82, 2.24) is 9.38 Å². The second-order valence-electron chi connectivity index (χ2n) is 5.92. The van der Waals surface area contributed by atoms with Gasteiger partial charge in [-0.05, 0) is 24.3 Å². The molecule has 2 aromatic heterocycles. The van der Waals surface area contributed by atoms with Crippen LogP contribution in [0.2, 0.25) is 0 Å². The number of rotatable bonds is 4. The van der Waals surface area contributed by atoms with Gasteiger partial charge in [0.25, 0.3) is 5.56 Å². The van der Waals surface area contributed by atoms with Crippen LogP contribution < -0.4 is 15.9 Å². The van der Waals surface area contributed by atoms with Gasteiger partial charge in [0.05, 0.1) is 25.1 Å². The van der Waals surface area contributed by atoms with E-state index in [1.807, 2.05) is 48.5 Å². The van der Waals surface area contributed by atoms with Crippen LogP contribution in [-0.4, -0.2) is 41.9 Å². The van der Waals surface area contributed by atoms with E-state index in [1.54, 1.807) is 12.4 Å². The highest BCUT2D eigenvalue weighted by molar-refractivity contribution is 5.87. The number of aromatic nitrogens is 2. The van der Waals surface area contributed by atoms with Gasteiger partial charge in [-0.15, -0.1) is 0 Å². The standard InChI is InChI=1S/C19H19N5O2/c25-19-16(14-20-22-15-6-2-1-3-7-15)18(23-10-12-26-13-11-23)21-17-8-4-5-9-24(17)19/h1-9,14,22H,10-13H2/b20-14-. The van der Waals surface area contributed by atoms with Crippen LogP contribution in [0.5, 0.6) is 0 Å². The minimum Gasteiger partial charge on any atom is -0.378 e. The molecular weight excluding hydrogens is 330 g/mol. The number of hydrogen-bond acceptors (Lipinski definition) is 6. The van der Waals surface area contributed by atoms with E-state index in [0.717, 1.165) is 5.69 Å². The topological polar surface area (TPSA) is 71.2 Å². The maximum atomic E-state index is 13.0. The van der Waals surface area contributed by atoms with Crippen LogP contribution in [0.4, 0.5) is 11.5 Å². The number of ether oxygens (including phenoxy) is 1. The zero-order valence-corrected chi connectivity index (χ0v) is 14.2. The number of anilines is 2. The number of benzene rings is 1. The van der Waals surface area contributed by atoms with Crippen molar-refractivity contribution in [2.45, 2.75) is 0 Å². The first-order chi connectivity index (χ1) is 12.8. The number of nitrogens with one attached hydrogen (secondary N) is 1. The molecule has 1 aliphatic heterocycles. The second-order valence-corrected chi connectivity index (χ2v) is 5.92. The van der Waals surface area contributed by atoms with Crippen LogP contribution in [0, 0.1) is 0 Å². The van der Waals surface area contributed by atoms with E-state index in [1.165, 1.54) is 4.40 Å². The Morgan fingerprint density at radius 1 is 1.08 bits per heavy atom. The van der Waals surface area contributed by atoms with Crippen LogP contribution >= 0.6 is 0 Å². The van der Waals surface area contributed by atoms with Gasteiger partial charge in [0.15, 0.2) is 0 Å². The van der Waals surface area contributed by atoms with Crippen LogP contribution in [-0.2, 0) is 4.74 Å². The first kappa shape index (κ1) is 16.3. The number of pyridine rings is 1. The molecule has 7 nitrogen and oxygen atoms in total. The van der Waals surface area contributed by atoms with E-state index in [2.05, 4.69) is 15.4 Å². The molecule has 1 aromatic carbocycles. The van der Waals surface area contributed by atoms with E-state index < -0.39 is 0 Å². The summed E-state index contributed by atoms with van der Waals surface area (Å²) in [6, 6.07) is 15.1. The molecule has 1 fully saturated rings. The summed E-state index contributed by atoms with van der Waals surface area (Å²) >= 11 is 0. The quantitative estimate of drug-likeness (QED) is 0.576. The number of nitrogens with zero attached hydrogens (tertiary/aromatic N) is 4. The van der Waals surface area contributed by atoms with Crippen molar-refractivity contribution in [3.05, 3.63) is 70.6 Å². The van der Waals surface area contributed by atoms with Crippen LogP contribution in [0.15, 0.2) is 64.6 Å². The van der Waals surface area contributed by atoms with Gasteiger partial charge < -0.3 is 9.64 Å². The van der Waals surface area contributed by atoms with Gasteiger partial charge in [-0.25, -0.2) is 4.98 Å². The molecule has 1 N–H and O–H groups in total. The van der Waals surface area contributed by atoms with Crippen molar-refractivity contribution >= 4 is 23.4 Å². The molecule has 3 aromatic rings.